The molecule has 1 aromatic rings. The Labute approximate surface area is 115 Å². The number of carbonyl (C=O) groups excluding carboxylic acids is 1. The van der Waals surface area contributed by atoms with Crippen molar-refractivity contribution in [2.75, 3.05) is 0 Å². The molecule has 1 unspecified atom stereocenters. The van der Waals surface area contributed by atoms with Gasteiger partial charge in [0.2, 0.25) is 5.91 Å². The van der Waals surface area contributed by atoms with Gasteiger partial charge in [0.05, 0.1) is 11.7 Å². The number of hydrogen-bond donors (Lipinski definition) is 2. The summed E-state index contributed by atoms with van der Waals surface area (Å²) in [7, 11) is 1.90. The average Bonchev–Trinajstić information content (AvgIpc) is 2.64. The van der Waals surface area contributed by atoms with Crippen LogP contribution in [0.25, 0.3) is 0 Å². The second-order valence-electron chi connectivity index (χ2n) is 5.74. The molecule has 0 bridgehead atoms. The Bertz CT molecular complexity index is 437. The number of aromatic nitrogens is 2. The van der Waals surface area contributed by atoms with E-state index in [0.29, 0.717) is 6.54 Å². The van der Waals surface area contributed by atoms with Crippen molar-refractivity contribution in [1.29, 1.82) is 0 Å². The van der Waals surface area contributed by atoms with Crippen LogP contribution < -0.4 is 10.6 Å². The molecule has 1 rings (SSSR count). The molecule has 1 aromatic heterocycles. The maximum Gasteiger partial charge on any atom is 0.237 e. The molecule has 0 aliphatic rings. The van der Waals surface area contributed by atoms with Gasteiger partial charge in [-0.2, -0.15) is 5.10 Å². The second-order valence-corrected chi connectivity index (χ2v) is 5.74. The molecular weight excluding hydrogens is 240 g/mol. The first-order valence-electron chi connectivity index (χ1n) is 6.79. The predicted molar refractivity (Wildman–Crippen MR) is 76.8 cm³/mol. The maximum absolute atomic E-state index is 12.0. The highest BCUT2D eigenvalue weighted by atomic mass is 16.2. The van der Waals surface area contributed by atoms with Crippen molar-refractivity contribution in [3.05, 3.63) is 17.5 Å². The van der Waals surface area contributed by atoms with E-state index in [1.54, 1.807) is 4.68 Å². The first kappa shape index (κ1) is 15.7. The summed E-state index contributed by atoms with van der Waals surface area (Å²) >= 11 is 0. The summed E-state index contributed by atoms with van der Waals surface area (Å²) in [6.45, 7) is 10.6. The van der Waals surface area contributed by atoms with Crippen LogP contribution >= 0.6 is 0 Å². The lowest BCUT2D eigenvalue weighted by molar-refractivity contribution is -0.124. The number of nitrogens with one attached hydrogen (secondary N) is 2. The summed E-state index contributed by atoms with van der Waals surface area (Å²) in [6.07, 6.45) is 2.89. The molecule has 0 radical (unpaired) electrons. The van der Waals surface area contributed by atoms with Crippen LogP contribution in [0, 0.1) is 6.92 Å². The maximum atomic E-state index is 12.0. The first-order valence-corrected chi connectivity index (χ1v) is 6.79. The second kappa shape index (κ2) is 6.19. The summed E-state index contributed by atoms with van der Waals surface area (Å²) < 4.78 is 1.79. The highest BCUT2D eigenvalue weighted by Crippen LogP contribution is 2.08. The fourth-order valence-electron chi connectivity index (χ4n) is 1.71. The third kappa shape index (κ3) is 4.67. The van der Waals surface area contributed by atoms with Crippen LogP contribution in [0.5, 0.6) is 0 Å². The zero-order valence-electron chi connectivity index (χ0n) is 12.9. The molecule has 0 aliphatic heterocycles. The molecule has 108 valence electrons. The van der Waals surface area contributed by atoms with Gasteiger partial charge in [0, 0.05) is 30.9 Å². The first-order chi connectivity index (χ1) is 8.75. The lowest BCUT2D eigenvalue weighted by Gasteiger charge is -2.26. The van der Waals surface area contributed by atoms with Crippen LogP contribution in [0.4, 0.5) is 0 Å². The quantitative estimate of drug-likeness (QED) is 0.820. The van der Waals surface area contributed by atoms with E-state index in [2.05, 4.69) is 22.7 Å². The fourth-order valence-corrected chi connectivity index (χ4v) is 1.71. The van der Waals surface area contributed by atoms with Crippen LogP contribution in [0.3, 0.4) is 0 Å². The minimum atomic E-state index is -0.217. The SMILES string of the molecule is CCC(C)(C)NC(=O)C(C)NCc1cn(C)nc1C. The van der Waals surface area contributed by atoms with Crippen LogP contribution in [0.2, 0.25) is 0 Å². The van der Waals surface area contributed by atoms with Gasteiger partial charge in [0.25, 0.3) is 0 Å². The highest BCUT2D eigenvalue weighted by molar-refractivity contribution is 5.81. The number of rotatable bonds is 6. The Morgan fingerprint density at radius 3 is 2.63 bits per heavy atom. The summed E-state index contributed by atoms with van der Waals surface area (Å²) in [6, 6.07) is -0.217. The summed E-state index contributed by atoms with van der Waals surface area (Å²) in [5.74, 6) is 0.0355. The van der Waals surface area contributed by atoms with E-state index in [1.807, 2.05) is 40.9 Å². The number of carbonyl (C=O) groups is 1. The Balaban J connectivity index is 2.49. The van der Waals surface area contributed by atoms with Gasteiger partial charge in [0.1, 0.15) is 0 Å². The van der Waals surface area contributed by atoms with E-state index in [1.165, 1.54) is 0 Å². The molecule has 5 heteroatoms. The zero-order valence-corrected chi connectivity index (χ0v) is 12.9. The van der Waals surface area contributed by atoms with Crippen LogP contribution in [-0.4, -0.2) is 27.3 Å². The number of amides is 1. The van der Waals surface area contributed by atoms with E-state index in [9.17, 15) is 4.79 Å². The molecule has 0 spiro atoms. The molecule has 0 aromatic carbocycles. The molecule has 1 heterocycles. The largest absolute Gasteiger partial charge is 0.350 e. The highest BCUT2D eigenvalue weighted by Gasteiger charge is 2.21. The molecule has 0 aliphatic carbocycles. The molecule has 2 N–H and O–H groups in total. The van der Waals surface area contributed by atoms with Gasteiger partial charge in [-0.05, 0) is 34.1 Å². The minimum Gasteiger partial charge on any atom is -0.350 e. The molecule has 0 saturated heterocycles. The Morgan fingerprint density at radius 1 is 1.53 bits per heavy atom. The molecule has 19 heavy (non-hydrogen) atoms. The van der Waals surface area contributed by atoms with Crippen LogP contribution in [-0.2, 0) is 18.4 Å². The third-order valence-corrected chi connectivity index (χ3v) is 3.45. The Morgan fingerprint density at radius 2 is 2.16 bits per heavy atom. The fraction of sp³-hybridized carbons (Fsp3) is 0.714. The zero-order chi connectivity index (χ0) is 14.6. The van der Waals surface area contributed by atoms with Crippen molar-refractivity contribution in [1.82, 2.24) is 20.4 Å². The van der Waals surface area contributed by atoms with Crippen molar-refractivity contribution < 1.29 is 4.79 Å². The van der Waals surface area contributed by atoms with Crippen molar-refractivity contribution in [2.45, 2.75) is 59.2 Å². The van der Waals surface area contributed by atoms with Crippen molar-refractivity contribution in [3.63, 3.8) is 0 Å². The van der Waals surface area contributed by atoms with E-state index in [0.717, 1.165) is 17.7 Å². The molecule has 5 nitrogen and oxygen atoms in total. The standard InChI is InChI=1S/C14H26N4O/c1-7-14(4,5)16-13(19)11(3)15-8-12-9-18(6)17-10(12)2/h9,11,15H,7-8H2,1-6H3,(H,16,19). The van der Waals surface area contributed by atoms with Gasteiger partial charge in [-0.1, -0.05) is 6.92 Å². The summed E-state index contributed by atoms with van der Waals surface area (Å²) in [5, 5.41) is 10.6. The molecule has 1 amide bonds. The van der Waals surface area contributed by atoms with Crippen molar-refractivity contribution >= 4 is 5.91 Å². The molecule has 0 saturated carbocycles. The van der Waals surface area contributed by atoms with Crippen molar-refractivity contribution in [3.8, 4) is 0 Å². The van der Waals surface area contributed by atoms with E-state index < -0.39 is 0 Å². The van der Waals surface area contributed by atoms with Gasteiger partial charge in [-0.15, -0.1) is 0 Å². The van der Waals surface area contributed by atoms with Crippen LogP contribution in [0.1, 0.15) is 45.4 Å². The monoisotopic (exact) mass is 266 g/mol. The van der Waals surface area contributed by atoms with E-state index in [-0.39, 0.29) is 17.5 Å². The van der Waals surface area contributed by atoms with Gasteiger partial charge >= 0.3 is 0 Å². The summed E-state index contributed by atoms with van der Waals surface area (Å²) in [5.41, 5.74) is 1.96. The van der Waals surface area contributed by atoms with Crippen LogP contribution in [0.15, 0.2) is 6.20 Å². The minimum absolute atomic E-state index is 0.0355. The lowest BCUT2D eigenvalue weighted by atomic mass is 10.0. The lowest BCUT2D eigenvalue weighted by Crippen LogP contribution is -2.50. The number of hydrogen-bond acceptors (Lipinski definition) is 3. The molecule has 0 fully saturated rings. The van der Waals surface area contributed by atoms with Gasteiger partial charge < -0.3 is 10.6 Å². The third-order valence-electron chi connectivity index (χ3n) is 3.45. The van der Waals surface area contributed by atoms with Gasteiger partial charge in [0.15, 0.2) is 0 Å². The Kier molecular flexibility index (Phi) is 5.11. The number of aryl methyl sites for hydroxylation is 2. The number of nitrogens with zero attached hydrogens (tertiary/aromatic N) is 2. The van der Waals surface area contributed by atoms with E-state index >= 15 is 0 Å². The predicted octanol–water partition coefficient (Wildman–Crippen LogP) is 1.51. The van der Waals surface area contributed by atoms with Gasteiger partial charge in [-0.3, -0.25) is 9.48 Å². The Hall–Kier alpha value is -1.36. The van der Waals surface area contributed by atoms with E-state index in [4.69, 9.17) is 0 Å². The van der Waals surface area contributed by atoms with Crippen molar-refractivity contribution in [2.24, 2.45) is 7.05 Å². The van der Waals surface area contributed by atoms with Gasteiger partial charge in [-0.25, -0.2) is 0 Å². The normalized spacial score (nSPS) is 13.4. The molecule has 1 atom stereocenters. The molecular formula is C14H26N4O. The smallest absolute Gasteiger partial charge is 0.237 e. The average molecular weight is 266 g/mol. The summed E-state index contributed by atoms with van der Waals surface area (Å²) in [4.78, 5) is 12.0. The topological polar surface area (TPSA) is 59.0 Å².